The molecule has 0 aliphatic carbocycles. The Morgan fingerprint density at radius 2 is 1.43 bits per heavy atom. The Kier molecular flexibility index (Phi) is 3.80. The highest BCUT2D eigenvalue weighted by atomic mass is 16.2. The first kappa shape index (κ1) is 14.8. The van der Waals surface area contributed by atoms with Crippen molar-refractivity contribution in [2.45, 2.75) is 6.92 Å². The summed E-state index contributed by atoms with van der Waals surface area (Å²) in [5.74, 6) is -0.738. The largest absolute Gasteiger partial charge is 0.367 e. The first-order chi connectivity index (χ1) is 11.1. The van der Waals surface area contributed by atoms with E-state index >= 15 is 0 Å². The number of carbonyl (C=O) groups is 3. The van der Waals surface area contributed by atoms with Crippen LogP contribution in [0, 0.1) is 0 Å². The molecule has 0 fully saturated rings. The summed E-state index contributed by atoms with van der Waals surface area (Å²) in [4.78, 5) is 36.6. The van der Waals surface area contributed by atoms with Gasteiger partial charge in [0, 0.05) is 18.3 Å². The Hall–Kier alpha value is -3.15. The number of amides is 3. The van der Waals surface area contributed by atoms with Crippen LogP contribution in [0.15, 0.2) is 48.5 Å². The predicted octanol–water partition coefficient (Wildman–Crippen LogP) is 2.31. The lowest BCUT2D eigenvalue weighted by Crippen LogP contribution is -2.34. The molecule has 0 saturated carbocycles. The van der Waals surface area contributed by atoms with Gasteiger partial charge in [-0.25, -0.2) is 0 Å². The lowest BCUT2D eigenvalue weighted by Gasteiger charge is -2.15. The van der Waals surface area contributed by atoms with Gasteiger partial charge in [0.1, 0.15) is 0 Å². The maximum Gasteiger partial charge on any atom is 0.263 e. The molecule has 0 aromatic heterocycles. The third kappa shape index (κ3) is 2.91. The molecule has 23 heavy (non-hydrogen) atoms. The van der Waals surface area contributed by atoms with Crippen LogP contribution >= 0.6 is 0 Å². The van der Waals surface area contributed by atoms with Crippen molar-refractivity contribution < 1.29 is 14.4 Å². The summed E-state index contributed by atoms with van der Waals surface area (Å²) in [5, 5.41) is 5.70. The zero-order chi connectivity index (χ0) is 16.4. The zero-order valence-corrected chi connectivity index (χ0v) is 12.5. The zero-order valence-electron chi connectivity index (χ0n) is 12.5. The summed E-state index contributed by atoms with van der Waals surface area (Å²) >= 11 is 0. The summed E-state index contributed by atoms with van der Waals surface area (Å²) < 4.78 is 0. The number of nitrogens with zero attached hydrogens (tertiary/aromatic N) is 1. The number of hydrogen-bond acceptors (Lipinski definition) is 4. The highest BCUT2D eigenvalue weighted by molar-refractivity contribution is 6.21. The van der Waals surface area contributed by atoms with Crippen molar-refractivity contribution in [1.29, 1.82) is 0 Å². The van der Waals surface area contributed by atoms with E-state index in [2.05, 4.69) is 10.6 Å². The number of fused-ring (bicyclic) bond motifs is 1. The van der Waals surface area contributed by atoms with Crippen molar-refractivity contribution in [3.63, 3.8) is 0 Å². The average molecular weight is 309 g/mol. The molecule has 3 rings (SSSR count). The van der Waals surface area contributed by atoms with Crippen LogP contribution in [0.5, 0.6) is 0 Å². The number of hydrogen-bond donors (Lipinski definition) is 2. The molecule has 1 aliphatic rings. The fraction of sp³-hybridized carbons (Fsp3) is 0.118. The van der Waals surface area contributed by atoms with E-state index in [1.807, 2.05) is 0 Å². The van der Waals surface area contributed by atoms with Crippen molar-refractivity contribution >= 4 is 29.1 Å². The van der Waals surface area contributed by atoms with Gasteiger partial charge in [0.05, 0.1) is 17.8 Å². The molecule has 6 nitrogen and oxygen atoms in total. The molecule has 0 saturated heterocycles. The number of anilines is 2. The van der Waals surface area contributed by atoms with E-state index in [0.29, 0.717) is 16.8 Å². The third-order valence-electron chi connectivity index (χ3n) is 3.52. The van der Waals surface area contributed by atoms with Gasteiger partial charge in [-0.15, -0.1) is 0 Å². The molecule has 2 N–H and O–H groups in total. The van der Waals surface area contributed by atoms with E-state index in [-0.39, 0.29) is 24.4 Å². The molecule has 1 heterocycles. The number of imide groups is 1. The second-order valence-corrected chi connectivity index (χ2v) is 5.18. The minimum absolute atomic E-state index is 0.0891. The van der Waals surface area contributed by atoms with Crippen LogP contribution in [0.2, 0.25) is 0 Å². The molecule has 0 unspecified atom stereocenters. The van der Waals surface area contributed by atoms with Gasteiger partial charge in [-0.3, -0.25) is 19.3 Å². The van der Waals surface area contributed by atoms with Gasteiger partial charge in [-0.2, -0.15) is 0 Å². The SMILES string of the molecule is CC(=O)Nc1ccc(NCN2C(=O)c3ccccc3C2=O)cc1. The highest BCUT2D eigenvalue weighted by Crippen LogP contribution is 2.22. The van der Waals surface area contributed by atoms with Crippen LogP contribution in [-0.2, 0) is 4.79 Å². The number of carbonyl (C=O) groups excluding carboxylic acids is 3. The van der Waals surface area contributed by atoms with Crippen molar-refractivity contribution in [2.75, 3.05) is 17.3 Å². The minimum Gasteiger partial charge on any atom is -0.367 e. The summed E-state index contributed by atoms with van der Waals surface area (Å²) in [6.07, 6.45) is 0. The minimum atomic E-state index is -0.298. The summed E-state index contributed by atoms with van der Waals surface area (Å²) in [6, 6.07) is 13.8. The van der Waals surface area contributed by atoms with Gasteiger partial charge >= 0.3 is 0 Å². The van der Waals surface area contributed by atoms with Gasteiger partial charge in [0.25, 0.3) is 11.8 Å². The van der Waals surface area contributed by atoms with Gasteiger partial charge in [-0.05, 0) is 36.4 Å². The Morgan fingerprint density at radius 3 is 1.96 bits per heavy atom. The Morgan fingerprint density at radius 1 is 0.913 bits per heavy atom. The van der Waals surface area contributed by atoms with Crippen molar-refractivity contribution in [2.24, 2.45) is 0 Å². The highest BCUT2D eigenvalue weighted by Gasteiger charge is 2.34. The summed E-state index contributed by atoms with van der Waals surface area (Å²) in [6.45, 7) is 1.53. The van der Waals surface area contributed by atoms with Gasteiger partial charge in [0.2, 0.25) is 5.91 Å². The van der Waals surface area contributed by atoms with Crippen molar-refractivity contribution in [1.82, 2.24) is 4.90 Å². The van der Waals surface area contributed by atoms with Crippen LogP contribution in [0.1, 0.15) is 27.6 Å². The molecule has 0 bridgehead atoms. The number of nitrogens with one attached hydrogen (secondary N) is 2. The van der Waals surface area contributed by atoms with E-state index in [0.717, 1.165) is 5.69 Å². The molecule has 2 aromatic carbocycles. The van der Waals surface area contributed by atoms with E-state index in [9.17, 15) is 14.4 Å². The van der Waals surface area contributed by atoms with Crippen LogP contribution in [0.25, 0.3) is 0 Å². The molecular formula is C17H15N3O3. The molecule has 0 atom stereocenters. The second kappa shape index (κ2) is 5.92. The van der Waals surface area contributed by atoms with Crippen LogP contribution < -0.4 is 10.6 Å². The van der Waals surface area contributed by atoms with E-state index in [1.165, 1.54) is 11.8 Å². The Labute approximate surface area is 133 Å². The van der Waals surface area contributed by atoms with Gasteiger partial charge in [0.15, 0.2) is 0 Å². The Balaban J connectivity index is 1.66. The standard InChI is InChI=1S/C17H15N3O3/c1-11(21)19-13-8-6-12(7-9-13)18-10-20-16(22)14-4-2-3-5-15(14)17(20)23/h2-9,18H,10H2,1H3,(H,19,21). The quantitative estimate of drug-likeness (QED) is 0.850. The van der Waals surface area contributed by atoms with Crippen LogP contribution in [-0.4, -0.2) is 29.3 Å². The lowest BCUT2D eigenvalue weighted by molar-refractivity contribution is -0.114. The molecule has 0 radical (unpaired) electrons. The van der Waals surface area contributed by atoms with Gasteiger partial charge in [-0.1, -0.05) is 12.1 Å². The second-order valence-electron chi connectivity index (χ2n) is 5.18. The van der Waals surface area contributed by atoms with Crippen LogP contribution in [0.3, 0.4) is 0 Å². The molecule has 2 aromatic rings. The maximum atomic E-state index is 12.2. The molecule has 3 amide bonds. The van der Waals surface area contributed by atoms with Crippen LogP contribution in [0.4, 0.5) is 11.4 Å². The number of rotatable bonds is 4. The number of benzene rings is 2. The van der Waals surface area contributed by atoms with Gasteiger partial charge < -0.3 is 10.6 Å². The average Bonchev–Trinajstić information content (AvgIpc) is 2.78. The normalized spacial score (nSPS) is 13.0. The first-order valence-corrected chi connectivity index (χ1v) is 7.13. The Bertz CT molecular complexity index is 749. The van der Waals surface area contributed by atoms with E-state index in [1.54, 1.807) is 48.5 Å². The predicted molar refractivity (Wildman–Crippen MR) is 86.2 cm³/mol. The first-order valence-electron chi connectivity index (χ1n) is 7.13. The van der Waals surface area contributed by atoms with E-state index in [4.69, 9.17) is 0 Å². The third-order valence-corrected chi connectivity index (χ3v) is 3.52. The summed E-state index contributed by atoms with van der Waals surface area (Å²) in [7, 11) is 0. The molecular weight excluding hydrogens is 294 g/mol. The fourth-order valence-electron chi connectivity index (χ4n) is 2.43. The fourth-order valence-corrected chi connectivity index (χ4v) is 2.43. The molecule has 116 valence electrons. The lowest BCUT2D eigenvalue weighted by atomic mass is 10.1. The van der Waals surface area contributed by atoms with E-state index < -0.39 is 0 Å². The molecule has 0 spiro atoms. The molecule has 1 aliphatic heterocycles. The topological polar surface area (TPSA) is 78.5 Å². The smallest absolute Gasteiger partial charge is 0.263 e. The maximum absolute atomic E-state index is 12.2. The monoisotopic (exact) mass is 309 g/mol. The summed E-state index contributed by atoms with van der Waals surface area (Å²) in [5.41, 5.74) is 2.29. The van der Waals surface area contributed by atoms with Crippen molar-refractivity contribution in [3.05, 3.63) is 59.7 Å². The molecule has 6 heteroatoms. The van der Waals surface area contributed by atoms with Crippen molar-refractivity contribution in [3.8, 4) is 0 Å².